The molecule has 212 valence electrons. The molecule has 2 aliphatic rings. The number of hydrogen-bond acceptors (Lipinski definition) is 6. The molecule has 0 bridgehead atoms. The van der Waals surface area contributed by atoms with Crippen LogP contribution >= 0.6 is 0 Å². The molecule has 2 aliphatic heterocycles. The minimum atomic E-state index is -1.22. The lowest BCUT2D eigenvalue weighted by molar-refractivity contribution is -0.131. The van der Waals surface area contributed by atoms with Gasteiger partial charge in [0.1, 0.15) is 11.6 Å². The second-order valence-corrected chi connectivity index (χ2v) is 10.5. The van der Waals surface area contributed by atoms with E-state index in [4.69, 9.17) is 19.3 Å². The van der Waals surface area contributed by atoms with Crippen LogP contribution in [0.15, 0.2) is 48.7 Å². The molecule has 1 saturated heterocycles. The number of carboxylic acid groups (broad SMARTS) is 1. The average Bonchev–Trinajstić information content (AvgIpc) is 3.47. The topological polar surface area (TPSA) is 86.0 Å². The number of imidazole rings is 1. The number of piperidine rings is 1. The number of carbonyl (C=O) groups is 1. The number of halogens is 1. The summed E-state index contributed by atoms with van der Waals surface area (Å²) in [5, 5.41) is 9.05. The number of aromatic nitrogens is 2. The van der Waals surface area contributed by atoms with E-state index in [0.717, 1.165) is 54.7 Å². The van der Waals surface area contributed by atoms with E-state index in [2.05, 4.69) is 16.0 Å². The fourth-order valence-electron chi connectivity index (χ4n) is 5.57. The molecule has 2 aromatic carbocycles. The number of ether oxygens (including phenoxy) is 3. The van der Waals surface area contributed by atoms with Crippen LogP contribution in [0.25, 0.3) is 6.08 Å². The number of nitrogens with zero attached hydrogens (tertiary/aromatic N) is 3. The molecule has 8 nitrogen and oxygen atoms in total. The summed E-state index contributed by atoms with van der Waals surface area (Å²) in [6.07, 6.45) is 6.28. The SMILES string of the molecule is CCOCCn1c(/C=C/C(=O)O)cnc1CN1CCC(c2cccc3c2OC(C)(c2ccc(C)cc2F)O3)CC1. The Morgan fingerprint density at radius 3 is 2.77 bits per heavy atom. The van der Waals surface area contributed by atoms with Crippen LogP contribution in [0, 0.1) is 12.7 Å². The van der Waals surface area contributed by atoms with Crippen molar-refractivity contribution in [1.82, 2.24) is 14.5 Å². The molecule has 40 heavy (non-hydrogen) atoms. The highest BCUT2D eigenvalue weighted by Crippen LogP contribution is 2.49. The van der Waals surface area contributed by atoms with Gasteiger partial charge < -0.3 is 23.9 Å². The van der Waals surface area contributed by atoms with Crippen LogP contribution in [0.4, 0.5) is 4.39 Å². The molecule has 3 heterocycles. The van der Waals surface area contributed by atoms with Gasteiger partial charge in [0.25, 0.3) is 5.79 Å². The van der Waals surface area contributed by atoms with Crippen LogP contribution in [0.3, 0.4) is 0 Å². The first-order chi connectivity index (χ1) is 19.3. The third-order valence-corrected chi connectivity index (χ3v) is 7.65. The Kier molecular flexibility index (Phi) is 8.23. The second-order valence-electron chi connectivity index (χ2n) is 10.5. The molecule has 1 fully saturated rings. The van der Waals surface area contributed by atoms with E-state index < -0.39 is 11.8 Å². The van der Waals surface area contributed by atoms with Gasteiger partial charge in [-0.15, -0.1) is 0 Å². The van der Waals surface area contributed by atoms with Crippen molar-refractivity contribution in [2.45, 2.75) is 58.4 Å². The third kappa shape index (κ3) is 5.90. The van der Waals surface area contributed by atoms with Crippen LogP contribution in [0.2, 0.25) is 0 Å². The van der Waals surface area contributed by atoms with Gasteiger partial charge in [0.05, 0.1) is 30.6 Å². The number of benzene rings is 2. The fourth-order valence-corrected chi connectivity index (χ4v) is 5.57. The molecule has 0 spiro atoms. The first kappa shape index (κ1) is 27.9. The van der Waals surface area contributed by atoms with Crippen molar-refractivity contribution < 1.29 is 28.5 Å². The molecule has 5 rings (SSSR count). The van der Waals surface area contributed by atoms with Crippen molar-refractivity contribution in [1.29, 1.82) is 0 Å². The Hall–Kier alpha value is -3.69. The Bertz CT molecular complexity index is 1400. The van der Waals surface area contributed by atoms with E-state index in [1.54, 1.807) is 25.3 Å². The predicted octanol–water partition coefficient (Wildman–Crippen LogP) is 5.49. The van der Waals surface area contributed by atoms with Crippen molar-refractivity contribution >= 4 is 12.0 Å². The van der Waals surface area contributed by atoms with Crippen LogP contribution in [0.1, 0.15) is 60.8 Å². The zero-order chi connectivity index (χ0) is 28.3. The number of para-hydroxylation sites is 1. The van der Waals surface area contributed by atoms with Gasteiger partial charge in [-0.25, -0.2) is 14.2 Å². The number of aliphatic carboxylic acids is 1. The minimum Gasteiger partial charge on any atom is -0.478 e. The molecule has 1 atom stereocenters. The van der Waals surface area contributed by atoms with E-state index in [1.165, 1.54) is 6.07 Å². The molecule has 0 aliphatic carbocycles. The molecule has 0 radical (unpaired) electrons. The number of hydrogen-bond donors (Lipinski definition) is 1. The van der Waals surface area contributed by atoms with Gasteiger partial charge in [-0.1, -0.05) is 18.2 Å². The maximum Gasteiger partial charge on any atom is 0.328 e. The van der Waals surface area contributed by atoms with E-state index in [0.29, 0.717) is 43.4 Å². The summed E-state index contributed by atoms with van der Waals surface area (Å²) in [5.41, 5.74) is 3.06. The van der Waals surface area contributed by atoms with Gasteiger partial charge in [-0.3, -0.25) is 4.90 Å². The lowest BCUT2D eigenvalue weighted by Gasteiger charge is -2.32. The van der Waals surface area contributed by atoms with Crippen LogP contribution in [0.5, 0.6) is 11.5 Å². The Morgan fingerprint density at radius 2 is 2.05 bits per heavy atom. The van der Waals surface area contributed by atoms with E-state index in [9.17, 15) is 9.18 Å². The highest BCUT2D eigenvalue weighted by molar-refractivity contribution is 5.84. The van der Waals surface area contributed by atoms with Gasteiger partial charge in [0.2, 0.25) is 0 Å². The minimum absolute atomic E-state index is 0.284. The van der Waals surface area contributed by atoms with E-state index in [-0.39, 0.29) is 11.7 Å². The van der Waals surface area contributed by atoms with Crippen molar-refractivity contribution in [3.63, 3.8) is 0 Å². The normalized spacial score (nSPS) is 19.5. The number of rotatable bonds is 10. The van der Waals surface area contributed by atoms with Gasteiger partial charge in [0, 0.05) is 31.7 Å². The van der Waals surface area contributed by atoms with Crippen LogP contribution in [-0.2, 0) is 28.4 Å². The summed E-state index contributed by atoms with van der Waals surface area (Å²) in [6, 6.07) is 11.0. The maximum atomic E-state index is 14.8. The number of likely N-dealkylation sites (tertiary alicyclic amines) is 1. The lowest BCUT2D eigenvalue weighted by Crippen LogP contribution is -2.34. The Balaban J connectivity index is 1.27. The van der Waals surface area contributed by atoms with Gasteiger partial charge in [-0.05, 0) is 75.5 Å². The summed E-state index contributed by atoms with van der Waals surface area (Å²) < 4.78 is 35.0. The Morgan fingerprint density at radius 1 is 1.25 bits per heavy atom. The average molecular weight is 550 g/mol. The van der Waals surface area contributed by atoms with Crippen LogP contribution < -0.4 is 9.47 Å². The van der Waals surface area contributed by atoms with E-state index >= 15 is 0 Å². The fraction of sp³-hybridized carbons (Fsp3) is 0.419. The summed E-state index contributed by atoms with van der Waals surface area (Å²) in [6.45, 7) is 9.73. The van der Waals surface area contributed by atoms with Crippen LogP contribution in [-0.4, -0.2) is 51.8 Å². The smallest absolute Gasteiger partial charge is 0.328 e. The molecule has 0 saturated carbocycles. The second kappa shape index (κ2) is 11.8. The first-order valence-electron chi connectivity index (χ1n) is 13.8. The standard InChI is InChI=1S/C31H36FN3O5/c1-4-38-17-16-35-23(9-11-29(36)37)19-33-28(35)20-34-14-12-22(13-15-34)24-6-5-7-27-30(24)40-31(3,39-27)25-10-8-21(2)18-26(25)32/h5-11,18-19,22H,4,12-17,20H2,1-3H3,(H,36,37)/b11-9+. The summed E-state index contributed by atoms with van der Waals surface area (Å²) in [4.78, 5) is 18.0. The molecule has 1 aromatic heterocycles. The monoisotopic (exact) mass is 549 g/mol. The van der Waals surface area contributed by atoms with Gasteiger partial charge in [0.15, 0.2) is 11.5 Å². The highest BCUT2D eigenvalue weighted by Gasteiger charge is 2.42. The summed E-state index contributed by atoms with van der Waals surface area (Å²) in [5.74, 6) is -0.0465. The van der Waals surface area contributed by atoms with Gasteiger partial charge in [-0.2, -0.15) is 0 Å². The zero-order valence-corrected chi connectivity index (χ0v) is 23.2. The summed E-state index contributed by atoms with van der Waals surface area (Å²) in [7, 11) is 0. The molecule has 9 heteroatoms. The van der Waals surface area contributed by atoms with Crippen molar-refractivity contribution in [3.05, 3.63) is 82.7 Å². The molecular weight excluding hydrogens is 513 g/mol. The summed E-state index contributed by atoms with van der Waals surface area (Å²) >= 11 is 0. The number of aryl methyl sites for hydroxylation is 1. The lowest BCUT2D eigenvalue weighted by atomic mass is 9.88. The molecular formula is C31H36FN3O5. The maximum absolute atomic E-state index is 14.8. The first-order valence-corrected chi connectivity index (χ1v) is 13.8. The Labute approximate surface area is 234 Å². The third-order valence-electron chi connectivity index (χ3n) is 7.65. The number of fused-ring (bicyclic) bond motifs is 1. The van der Waals surface area contributed by atoms with E-state index in [1.807, 2.05) is 36.6 Å². The highest BCUT2D eigenvalue weighted by atomic mass is 19.1. The van der Waals surface area contributed by atoms with Gasteiger partial charge >= 0.3 is 5.97 Å². The predicted molar refractivity (Wildman–Crippen MR) is 149 cm³/mol. The molecule has 3 aromatic rings. The largest absolute Gasteiger partial charge is 0.478 e. The van der Waals surface area contributed by atoms with Crippen molar-refractivity contribution in [2.75, 3.05) is 26.3 Å². The molecule has 0 amide bonds. The quantitative estimate of drug-likeness (QED) is 0.264. The van der Waals surface area contributed by atoms with Crippen molar-refractivity contribution in [3.8, 4) is 11.5 Å². The zero-order valence-electron chi connectivity index (χ0n) is 23.2. The molecule has 1 N–H and O–H groups in total. The molecule has 1 unspecified atom stereocenters. The number of carboxylic acids is 1. The van der Waals surface area contributed by atoms with Crippen molar-refractivity contribution in [2.24, 2.45) is 0 Å².